The van der Waals surface area contributed by atoms with Gasteiger partial charge in [0, 0.05) is 25.3 Å². The highest BCUT2D eigenvalue weighted by Gasteiger charge is 2.31. The molecule has 98 valence electrons. The molecule has 3 heterocycles. The Morgan fingerprint density at radius 1 is 1.33 bits per heavy atom. The van der Waals surface area contributed by atoms with Gasteiger partial charge in [-0.1, -0.05) is 6.42 Å². The maximum atomic E-state index is 5.71. The maximum absolute atomic E-state index is 5.71. The Morgan fingerprint density at radius 3 is 3.06 bits per heavy atom. The molecule has 1 aromatic rings. The van der Waals surface area contributed by atoms with E-state index in [2.05, 4.69) is 20.2 Å². The van der Waals surface area contributed by atoms with Crippen molar-refractivity contribution in [1.82, 2.24) is 15.3 Å². The highest BCUT2D eigenvalue weighted by molar-refractivity contribution is 5.38. The van der Waals surface area contributed by atoms with Crippen LogP contribution in [0.4, 0.5) is 11.8 Å². The third-order valence-electron chi connectivity index (χ3n) is 4.09. The Morgan fingerprint density at radius 2 is 2.28 bits per heavy atom. The summed E-state index contributed by atoms with van der Waals surface area (Å²) >= 11 is 0. The summed E-state index contributed by atoms with van der Waals surface area (Å²) in [5.74, 6) is 2.07. The summed E-state index contributed by atoms with van der Waals surface area (Å²) in [7, 11) is 0. The number of anilines is 2. The van der Waals surface area contributed by atoms with Crippen LogP contribution >= 0.6 is 0 Å². The first-order valence-electron chi connectivity index (χ1n) is 6.90. The van der Waals surface area contributed by atoms with Crippen molar-refractivity contribution in [2.45, 2.75) is 31.7 Å². The molecule has 2 aliphatic heterocycles. The molecule has 3 N–H and O–H groups in total. The average Bonchev–Trinajstić information content (AvgIpc) is 2.89. The molecule has 0 radical (unpaired) electrons. The van der Waals surface area contributed by atoms with Crippen LogP contribution in [0.3, 0.4) is 0 Å². The van der Waals surface area contributed by atoms with Crippen LogP contribution < -0.4 is 16.0 Å². The molecule has 2 atom stereocenters. The first kappa shape index (κ1) is 11.7. The maximum Gasteiger partial charge on any atom is 0.227 e. The normalized spacial score (nSPS) is 28.6. The van der Waals surface area contributed by atoms with E-state index in [4.69, 9.17) is 5.73 Å². The standard InChI is InChI=1S/C13H21N5/c14-12-4-7-16-13(17-12)18-8-5-10(9-18)11-3-1-2-6-15-11/h4,7,10-11,15H,1-3,5-6,8-9H2,(H2,14,16,17). The van der Waals surface area contributed by atoms with Crippen LogP contribution in [0.2, 0.25) is 0 Å². The van der Waals surface area contributed by atoms with E-state index in [1.807, 2.05) is 0 Å². The molecular weight excluding hydrogens is 226 g/mol. The zero-order valence-electron chi connectivity index (χ0n) is 10.7. The van der Waals surface area contributed by atoms with E-state index in [1.54, 1.807) is 12.3 Å². The fourth-order valence-corrected chi connectivity index (χ4v) is 3.09. The number of aromatic nitrogens is 2. The Bertz CT molecular complexity index is 402. The Hall–Kier alpha value is -1.36. The largest absolute Gasteiger partial charge is 0.384 e. The fourth-order valence-electron chi connectivity index (χ4n) is 3.09. The van der Waals surface area contributed by atoms with Crippen molar-refractivity contribution in [2.75, 3.05) is 30.3 Å². The molecule has 2 fully saturated rings. The highest BCUT2D eigenvalue weighted by Crippen LogP contribution is 2.26. The number of nitrogens with zero attached hydrogens (tertiary/aromatic N) is 3. The number of nitrogen functional groups attached to an aromatic ring is 1. The summed E-state index contributed by atoms with van der Waals surface area (Å²) < 4.78 is 0. The van der Waals surface area contributed by atoms with Gasteiger partial charge >= 0.3 is 0 Å². The number of rotatable bonds is 2. The molecule has 2 unspecified atom stereocenters. The third-order valence-corrected chi connectivity index (χ3v) is 4.09. The highest BCUT2D eigenvalue weighted by atomic mass is 15.3. The minimum atomic E-state index is 0.555. The van der Waals surface area contributed by atoms with Gasteiger partial charge in [-0.2, -0.15) is 4.98 Å². The number of nitrogens with two attached hydrogens (primary N) is 1. The van der Waals surface area contributed by atoms with Gasteiger partial charge in [-0.25, -0.2) is 4.98 Å². The van der Waals surface area contributed by atoms with Crippen LogP contribution in [-0.2, 0) is 0 Å². The van der Waals surface area contributed by atoms with Crippen LogP contribution in [0, 0.1) is 5.92 Å². The van der Waals surface area contributed by atoms with Gasteiger partial charge in [0.1, 0.15) is 5.82 Å². The molecule has 0 saturated carbocycles. The second-order valence-corrected chi connectivity index (χ2v) is 5.33. The van der Waals surface area contributed by atoms with Crippen molar-refractivity contribution in [3.63, 3.8) is 0 Å². The van der Waals surface area contributed by atoms with Gasteiger partial charge < -0.3 is 16.0 Å². The van der Waals surface area contributed by atoms with E-state index in [1.165, 1.54) is 32.2 Å². The zero-order valence-corrected chi connectivity index (χ0v) is 10.7. The summed E-state index contributed by atoms with van der Waals surface area (Å²) in [6.45, 7) is 3.28. The molecule has 1 aromatic heterocycles. The van der Waals surface area contributed by atoms with Gasteiger partial charge in [0.15, 0.2) is 0 Å². The lowest BCUT2D eigenvalue weighted by Gasteiger charge is -2.28. The smallest absolute Gasteiger partial charge is 0.227 e. The molecule has 2 aliphatic rings. The van der Waals surface area contributed by atoms with Crippen LogP contribution in [-0.4, -0.2) is 35.6 Å². The van der Waals surface area contributed by atoms with Crippen LogP contribution in [0.15, 0.2) is 12.3 Å². The second-order valence-electron chi connectivity index (χ2n) is 5.33. The van der Waals surface area contributed by atoms with Crippen molar-refractivity contribution >= 4 is 11.8 Å². The van der Waals surface area contributed by atoms with Crippen molar-refractivity contribution in [3.05, 3.63) is 12.3 Å². The lowest BCUT2D eigenvalue weighted by Crippen LogP contribution is -2.41. The quantitative estimate of drug-likeness (QED) is 0.817. The Kier molecular flexibility index (Phi) is 3.32. The molecule has 2 saturated heterocycles. The van der Waals surface area contributed by atoms with E-state index >= 15 is 0 Å². The van der Waals surface area contributed by atoms with Gasteiger partial charge in [-0.05, 0) is 37.8 Å². The molecule has 5 nitrogen and oxygen atoms in total. The summed E-state index contributed by atoms with van der Waals surface area (Å²) in [4.78, 5) is 10.9. The minimum Gasteiger partial charge on any atom is -0.384 e. The Labute approximate surface area is 108 Å². The van der Waals surface area contributed by atoms with Gasteiger partial charge in [-0.3, -0.25) is 0 Å². The predicted octanol–water partition coefficient (Wildman–Crippen LogP) is 1.03. The van der Waals surface area contributed by atoms with Crippen molar-refractivity contribution < 1.29 is 0 Å². The zero-order chi connectivity index (χ0) is 12.4. The lowest BCUT2D eigenvalue weighted by atomic mass is 9.91. The molecule has 0 spiro atoms. The summed E-state index contributed by atoms with van der Waals surface area (Å²) in [5, 5.41) is 3.65. The monoisotopic (exact) mass is 247 g/mol. The van der Waals surface area contributed by atoms with E-state index < -0.39 is 0 Å². The summed E-state index contributed by atoms with van der Waals surface area (Å²) in [6, 6.07) is 2.42. The number of hydrogen-bond donors (Lipinski definition) is 2. The molecule has 5 heteroatoms. The molecule has 18 heavy (non-hydrogen) atoms. The number of hydrogen-bond acceptors (Lipinski definition) is 5. The SMILES string of the molecule is Nc1ccnc(N2CCC(C3CCCCN3)C2)n1. The molecule has 0 bridgehead atoms. The average molecular weight is 247 g/mol. The van der Waals surface area contributed by atoms with Crippen molar-refractivity contribution in [1.29, 1.82) is 0 Å². The first-order valence-corrected chi connectivity index (χ1v) is 6.90. The van der Waals surface area contributed by atoms with E-state index in [9.17, 15) is 0 Å². The molecule has 0 aromatic carbocycles. The van der Waals surface area contributed by atoms with E-state index in [0.717, 1.165) is 25.0 Å². The van der Waals surface area contributed by atoms with Gasteiger partial charge in [0.05, 0.1) is 0 Å². The van der Waals surface area contributed by atoms with Gasteiger partial charge in [-0.15, -0.1) is 0 Å². The van der Waals surface area contributed by atoms with Crippen LogP contribution in [0.25, 0.3) is 0 Å². The molecule has 3 rings (SSSR count). The summed E-state index contributed by atoms with van der Waals surface area (Å²) in [6.07, 6.45) is 6.98. The summed E-state index contributed by atoms with van der Waals surface area (Å²) in [5.41, 5.74) is 5.71. The number of nitrogens with one attached hydrogen (secondary N) is 1. The fraction of sp³-hybridized carbons (Fsp3) is 0.692. The van der Waals surface area contributed by atoms with Crippen LogP contribution in [0.5, 0.6) is 0 Å². The third kappa shape index (κ3) is 2.41. The number of piperidine rings is 1. The van der Waals surface area contributed by atoms with Crippen molar-refractivity contribution in [2.24, 2.45) is 5.92 Å². The topological polar surface area (TPSA) is 67.1 Å². The molecule has 0 aliphatic carbocycles. The minimum absolute atomic E-state index is 0.555. The van der Waals surface area contributed by atoms with Crippen molar-refractivity contribution in [3.8, 4) is 0 Å². The van der Waals surface area contributed by atoms with E-state index in [0.29, 0.717) is 11.9 Å². The van der Waals surface area contributed by atoms with E-state index in [-0.39, 0.29) is 0 Å². The van der Waals surface area contributed by atoms with Gasteiger partial charge in [0.25, 0.3) is 0 Å². The predicted molar refractivity (Wildman–Crippen MR) is 72.4 cm³/mol. The van der Waals surface area contributed by atoms with Crippen LogP contribution in [0.1, 0.15) is 25.7 Å². The second kappa shape index (κ2) is 5.10. The Balaban J connectivity index is 1.64. The van der Waals surface area contributed by atoms with Gasteiger partial charge in [0.2, 0.25) is 5.95 Å². The first-order chi connectivity index (χ1) is 8.83. The molecule has 0 amide bonds. The molecular formula is C13H21N5. The lowest BCUT2D eigenvalue weighted by molar-refractivity contribution is 0.311.